The normalized spacial score (nSPS) is 11.5. The summed E-state index contributed by atoms with van der Waals surface area (Å²) in [4.78, 5) is 0. The van der Waals surface area contributed by atoms with Gasteiger partial charge in [-0.25, -0.2) is 0 Å². The fourth-order valence-electron chi connectivity index (χ4n) is 2.61. The van der Waals surface area contributed by atoms with Crippen LogP contribution in [-0.2, 0) is 5.54 Å². The summed E-state index contributed by atoms with van der Waals surface area (Å²) in [6, 6.07) is 20.6. The summed E-state index contributed by atoms with van der Waals surface area (Å²) in [5.41, 5.74) is 8.56. The van der Waals surface area contributed by atoms with Crippen LogP contribution in [0.4, 0.5) is 0 Å². The second-order valence-electron chi connectivity index (χ2n) is 5.63. The van der Waals surface area contributed by atoms with E-state index >= 15 is 0 Å². The Kier molecular flexibility index (Phi) is 6.59. The number of hydrogen-bond acceptors (Lipinski definition) is 3. The molecular formula is C19H27N3. The van der Waals surface area contributed by atoms with Crippen LogP contribution in [0.2, 0.25) is 0 Å². The fraction of sp³-hybridized carbons (Fsp3) is 0.368. The standard InChI is InChI=1S/C19H27N3/c1-2-13-21-14-15-22-16-19(20,17-9-5-3-6-10-17)18-11-7-4-8-12-18/h3-12,21-22H,2,13-16,20H2,1H3. The van der Waals surface area contributed by atoms with Gasteiger partial charge in [-0.3, -0.25) is 0 Å². The Balaban J connectivity index is 2.07. The topological polar surface area (TPSA) is 50.1 Å². The highest BCUT2D eigenvalue weighted by Gasteiger charge is 2.28. The van der Waals surface area contributed by atoms with E-state index in [2.05, 4.69) is 41.8 Å². The van der Waals surface area contributed by atoms with Gasteiger partial charge in [0, 0.05) is 19.6 Å². The first-order chi connectivity index (χ1) is 10.8. The van der Waals surface area contributed by atoms with Crippen LogP contribution in [0.5, 0.6) is 0 Å². The molecule has 2 rings (SSSR count). The van der Waals surface area contributed by atoms with Gasteiger partial charge in [-0.15, -0.1) is 0 Å². The third-order valence-electron chi connectivity index (χ3n) is 3.89. The molecule has 0 amide bonds. The van der Waals surface area contributed by atoms with Crippen LogP contribution in [0.3, 0.4) is 0 Å². The SMILES string of the molecule is CCCNCCNCC(N)(c1ccccc1)c1ccccc1. The van der Waals surface area contributed by atoms with Crippen LogP contribution in [0, 0.1) is 0 Å². The summed E-state index contributed by atoms with van der Waals surface area (Å²) < 4.78 is 0. The second-order valence-corrected chi connectivity index (χ2v) is 5.63. The first-order valence-corrected chi connectivity index (χ1v) is 8.08. The van der Waals surface area contributed by atoms with E-state index in [1.165, 1.54) is 0 Å². The summed E-state index contributed by atoms with van der Waals surface area (Å²) in [6.45, 7) is 5.84. The molecule has 22 heavy (non-hydrogen) atoms. The largest absolute Gasteiger partial charge is 0.317 e. The molecule has 0 aliphatic heterocycles. The molecule has 0 atom stereocenters. The van der Waals surface area contributed by atoms with Gasteiger partial charge >= 0.3 is 0 Å². The van der Waals surface area contributed by atoms with Crippen LogP contribution < -0.4 is 16.4 Å². The molecule has 0 aliphatic carbocycles. The highest BCUT2D eigenvalue weighted by molar-refractivity contribution is 5.38. The van der Waals surface area contributed by atoms with E-state index in [0.717, 1.165) is 43.7 Å². The number of nitrogens with two attached hydrogens (primary N) is 1. The Morgan fingerprint density at radius 3 is 1.77 bits per heavy atom. The van der Waals surface area contributed by atoms with Gasteiger partial charge in [-0.1, -0.05) is 67.6 Å². The fourth-order valence-corrected chi connectivity index (χ4v) is 2.61. The molecule has 4 N–H and O–H groups in total. The Bertz CT molecular complexity index is 485. The summed E-state index contributed by atoms with van der Waals surface area (Å²) >= 11 is 0. The third-order valence-corrected chi connectivity index (χ3v) is 3.89. The van der Waals surface area contributed by atoms with Crippen molar-refractivity contribution >= 4 is 0 Å². The highest BCUT2D eigenvalue weighted by Crippen LogP contribution is 2.26. The molecule has 0 radical (unpaired) electrons. The predicted octanol–water partition coefficient (Wildman–Crippen LogP) is 2.48. The second kappa shape index (κ2) is 8.69. The van der Waals surface area contributed by atoms with Gasteiger partial charge in [0.2, 0.25) is 0 Å². The molecule has 0 unspecified atom stereocenters. The zero-order valence-corrected chi connectivity index (χ0v) is 13.4. The van der Waals surface area contributed by atoms with Crippen LogP contribution in [0.25, 0.3) is 0 Å². The summed E-state index contributed by atoms with van der Waals surface area (Å²) in [6.07, 6.45) is 1.16. The van der Waals surface area contributed by atoms with Crippen LogP contribution >= 0.6 is 0 Å². The Labute approximate surface area is 133 Å². The lowest BCUT2D eigenvalue weighted by Gasteiger charge is -2.31. The molecule has 0 heterocycles. The van der Waals surface area contributed by atoms with E-state index < -0.39 is 5.54 Å². The Hall–Kier alpha value is -1.68. The summed E-state index contributed by atoms with van der Waals surface area (Å²) in [5.74, 6) is 0. The van der Waals surface area contributed by atoms with Crippen molar-refractivity contribution in [2.45, 2.75) is 18.9 Å². The van der Waals surface area contributed by atoms with E-state index in [1.54, 1.807) is 0 Å². The minimum Gasteiger partial charge on any atom is -0.317 e. The maximum absolute atomic E-state index is 6.80. The minimum absolute atomic E-state index is 0.507. The molecule has 0 fully saturated rings. The van der Waals surface area contributed by atoms with Gasteiger partial charge in [0.25, 0.3) is 0 Å². The average molecular weight is 297 g/mol. The van der Waals surface area contributed by atoms with Gasteiger partial charge in [-0.2, -0.15) is 0 Å². The smallest absolute Gasteiger partial charge is 0.0792 e. The van der Waals surface area contributed by atoms with Gasteiger partial charge in [0.15, 0.2) is 0 Å². The van der Waals surface area contributed by atoms with E-state index in [9.17, 15) is 0 Å². The molecule has 0 saturated heterocycles. The van der Waals surface area contributed by atoms with Gasteiger partial charge < -0.3 is 16.4 Å². The van der Waals surface area contributed by atoms with Gasteiger partial charge in [0.05, 0.1) is 5.54 Å². The molecule has 2 aromatic rings. The Morgan fingerprint density at radius 2 is 1.27 bits per heavy atom. The van der Waals surface area contributed by atoms with Crippen LogP contribution in [0.15, 0.2) is 60.7 Å². The van der Waals surface area contributed by atoms with Crippen molar-refractivity contribution in [2.24, 2.45) is 5.73 Å². The van der Waals surface area contributed by atoms with Crippen molar-refractivity contribution in [1.82, 2.24) is 10.6 Å². The van der Waals surface area contributed by atoms with E-state index in [1.807, 2.05) is 36.4 Å². The predicted molar refractivity (Wildman–Crippen MR) is 93.9 cm³/mol. The lowest BCUT2D eigenvalue weighted by atomic mass is 9.83. The molecule has 0 aliphatic rings. The van der Waals surface area contributed by atoms with Crippen molar-refractivity contribution in [3.8, 4) is 0 Å². The molecule has 3 heteroatoms. The quantitative estimate of drug-likeness (QED) is 0.623. The highest BCUT2D eigenvalue weighted by atomic mass is 15.0. The van der Waals surface area contributed by atoms with Crippen molar-refractivity contribution in [3.63, 3.8) is 0 Å². The van der Waals surface area contributed by atoms with Crippen LogP contribution in [-0.4, -0.2) is 26.2 Å². The van der Waals surface area contributed by atoms with Crippen molar-refractivity contribution < 1.29 is 0 Å². The monoisotopic (exact) mass is 297 g/mol. The molecule has 0 bridgehead atoms. The lowest BCUT2D eigenvalue weighted by Crippen LogP contribution is -2.48. The zero-order chi connectivity index (χ0) is 15.7. The van der Waals surface area contributed by atoms with E-state index in [-0.39, 0.29) is 0 Å². The minimum atomic E-state index is -0.507. The van der Waals surface area contributed by atoms with E-state index in [4.69, 9.17) is 5.73 Å². The molecular weight excluding hydrogens is 270 g/mol. The maximum atomic E-state index is 6.80. The molecule has 3 nitrogen and oxygen atoms in total. The summed E-state index contributed by atoms with van der Waals surface area (Å²) in [5, 5.41) is 6.89. The van der Waals surface area contributed by atoms with Crippen molar-refractivity contribution in [2.75, 3.05) is 26.2 Å². The van der Waals surface area contributed by atoms with Gasteiger partial charge in [-0.05, 0) is 24.1 Å². The first-order valence-electron chi connectivity index (χ1n) is 8.08. The average Bonchev–Trinajstić information content (AvgIpc) is 2.59. The molecule has 0 saturated carbocycles. The summed E-state index contributed by atoms with van der Waals surface area (Å²) in [7, 11) is 0. The molecule has 2 aromatic carbocycles. The zero-order valence-electron chi connectivity index (χ0n) is 13.4. The molecule has 118 valence electrons. The number of nitrogens with one attached hydrogen (secondary N) is 2. The van der Waals surface area contributed by atoms with Crippen molar-refractivity contribution in [1.29, 1.82) is 0 Å². The first kappa shape index (κ1) is 16.7. The van der Waals surface area contributed by atoms with Crippen LogP contribution in [0.1, 0.15) is 24.5 Å². The lowest BCUT2D eigenvalue weighted by molar-refractivity contribution is 0.474. The van der Waals surface area contributed by atoms with E-state index in [0.29, 0.717) is 0 Å². The number of rotatable bonds is 9. The third kappa shape index (κ3) is 4.41. The number of benzene rings is 2. The number of hydrogen-bond donors (Lipinski definition) is 3. The maximum Gasteiger partial charge on any atom is 0.0792 e. The molecule has 0 aromatic heterocycles. The Morgan fingerprint density at radius 1 is 0.773 bits per heavy atom. The van der Waals surface area contributed by atoms with Gasteiger partial charge in [0.1, 0.15) is 0 Å². The van der Waals surface area contributed by atoms with Crippen molar-refractivity contribution in [3.05, 3.63) is 71.8 Å². The molecule has 0 spiro atoms.